The molecule has 0 aromatic carbocycles. The van der Waals surface area contributed by atoms with Gasteiger partial charge in [-0.25, -0.2) is 9.78 Å². The van der Waals surface area contributed by atoms with Crippen molar-refractivity contribution in [1.82, 2.24) is 14.8 Å². The second kappa shape index (κ2) is 10.8. The second-order valence-corrected chi connectivity index (χ2v) is 9.81. The Hall–Kier alpha value is -2.23. The number of hydrogen-bond acceptors (Lipinski definition) is 5. The van der Waals surface area contributed by atoms with Crippen molar-refractivity contribution in [3.05, 3.63) is 22.8 Å². The standard InChI is InChI=1S/C22H31ClF3N3O4/c1-14(2)29(20(31)33-21(3,4)5)12-15-7-6-8-28(11-15)19(30)16-9-17(23)18(27-10-16)32-13-22(24,25)26/h9-10,14-15H,6-8,11-13H2,1-5H3. The fourth-order valence-corrected chi connectivity index (χ4v) is 3.70. The molecule has 1 aliphatic rings. The van der Waals surface area contributed by atoms with E-state index in [1.807, 2.05) is 34.6 Å². The Kier molecular flexibility index (Phi) is 8.84. The number of nitrogens with zero attached hydrogens (tertiary/aromatic N) is 3. The molecule has 33 heavy (non-hydrogen) atoms. The molecular weight excluding hydrogens is 463 g/mol. The Morgan fingerprint density at radius 1 is 1.30 bits per heavy atom. The van der Waals surface area contributed by atoms with Crippen molar-refractivity contribution in [1.29, 1.82) is 0 Å². The lowest BCUT2D eigenvalue weighted by Gasteiger charge is -2.37. The number of amides is 2. The monoisotopic (exact) mass is 493 g/mol. The number of piperidine rings is 1. The van der Waals surface area contributed by atoms with Crippen LogP contribution in [0.4, 0.5) is 18.0 Å². The molecule has 1 atom stereocenters. The van der Waals surface area contributed by atoms with Crippen LogP contribution in [0, 0.1) is 5.92 Å². The molecule has 0 radical (unpaired) electrons. The van der Waals surface area contributed by atoms with Crippen molar-refractivity contribution < 1.29 is 32.2 Å². The lowest BCUT2D eigenvalue weighted by Crippen LogP contribution is -2.48. The normalized spacial score (nSPS) is 17.2. The summed E-state index contributed by atoms with van der Waals surface area (Å²) in [4.78, 5) is 32.7. The summed E-state index contributed by atoms with van der Waals surface area (Å²) in [6.45, 7) is 9.11. The SMILES string of the molecule is CC(C)N(CC1CCCN(C(=O)c2cnc(OCC(F)(F)F)c(Cl)c2)C1)C(=O)OC(C)(C)C. The third-order valence-corrected chi connectivity index (χ3v) is 5.21. The third-order valence-electron chi connectivity index (χ3n) is 4.94. The number of alkyl halides is 3. The molecule has 0 spiro atoms. The summed E-state index contributed by atoms with van der Waals surface area (Å²) in [6, 6.07) is 1.19. The third kappa shape index (κ3) is 8.57. The fraction of sp³-hybridized carbons (Fsp3) is 0.682. The van der Waals surface area contributed by atoms with E-state index in [0.29, 0.717) is 19.6 Å². The predicted octanol–water partition coefficient (Wildman–Crippen LogP) is 5.17. The Morgan fingerprint density at radius 2 is 1.97 bits per heavy atom. The summed E-state index contributed by atoms with van der Waals surface area (Å²) < 4.78 is 47.1. The molecule has 1 aliphatic heterocycles. The zero-order chi connectivity index (χ0) is 25.0. The van der Waals surface area contributed by atoms with Gasteiger partial charge in [0, 0.05) is 31.9 Å². The topological polar surface area (TPSA) is 72.0 Å². The highest BCUT2D eigenvalue weighted by atomic mass is 35.5. The van der Waals surface area contributed by atoms with Gasteiger partial charge in [0.1, 0.15) is 10.6 Å². The van der Waals surface area contributed by atoms with Crippen LogP contribution in [0.15, 0.2) is 12.3 Å². The van der Waals surface area contributed by atoms with E-state index >= 15 is 0 Å². The van der Waals surface area contributed by atoms with Crippen LogP contribution in [0.25, 0.3) is 0 Å². The molecular formula is C22H31ClF3N3O4. The van der Waals surface area contributed by atoms with Gasteiger partial charge in [0.15, 0.2) is 6.61 Å². The molecule has 2 heterocycles. The first-order valence-corrected chi connectivity index (χ1v) is 11.2. The first kappa shape index (κ1) is 27.0. The number of carbonyl (C=O) groups excluding carboxylic acids is 2. The highest BCUT2D eigenvalue weighted by Crippen LogP contribution is 2.27. The Labute approximate surface area is 197 Å². The number of aromatic nitrogens is 1. The van der Waals surface area contributed by atoms with Gasteiger partial charge in [0.05, 0.1) is 5.56 Å². The number of rotatable bonds is 6. The van der Waals surface area contributed by atoms with Crippen molar-refractivity contribution >= 4 is 23.6 Å². The number of ether oxygens (including phenoxy) is 2. The van der Waals surface area contributed by atoms with Crippen LogP contribution in [0.5, 0.6) is 5.88 Å². The quantitative estimate of drug-likeness (QED) is 0.546. The number of hydrogen-bond donors (Lipinski definition) is 0. The molecule has 2 rings (SSSR count). The molecule has 1 fully saturated rings. The van der Waals surface area contributed by atoms with Gasteiger partial charge < -0.3 is 19.3 Å². The lowest BCUT2D eigenvalue weighted by molar-refractivity contribution is -0.154. The molecule has 7 nitrogen and oxygen atoms in total. The van der Waals surface area contributed by atoms with E-state index < -0.39 is 24.5 Å². The minimum atomic E-state index is -4.52. The highest BCUT2D eigenvalue weighted by molar-refractivity contribution is 6.32. The van der Waals surface area contributed by atoms with Gasteiger partial charge >= 0.3 is 12.3 Å². The van der Waals surface area contributed by atoms with Gasteiger partial charge in [-0.3, -0.25) is 4.79 Å². The Morgan fingerprint density at radius 3 is 2.52 bits per heavy atom. The van der Waals surface area contributed by atoms with Crippen molar-refractivity contribution in [3.8, 4) is 5.88 Å². The van der Waals surface area contributed by atoms with E-state index in [4.69, 9.17) is 16.3 Å². The van der Waals surface area contributed by atoms with Crippen molar-refractivity contribution in [3.63, 3.8) is 0 Å². The lowest BCUT2D eigenvalue weighted by atomic mass is 9.96. The average Bonchev–Trinajstić information content (AvgIpc) is 2.68. The molecule has 1 unspecified atom stereocenters. The van der Waals surface area contributed by atoms with Crippen LogP contribution in [0.2, 0.25) is 5.02 Å². The van der Waals surface area contributed by atoms with Crippen LogP contribution >= 0.6 is 11.6 Å². The van der Waals surface area contributed by atoms with E-state index in [0.717, 1.165) is 19.0 Å². The largest absolute Gasteiger partial charge is 0.467 e. The van der Waals surface area contributed by atoms with Crippen molar-refractivity contribution in [2.24, 2.45) is 5.92 Å². The molecule has 0 N–H and O–H groups in total. The van der Waals surface area contributed by atoms with Crippen LogP contribution in [0.1, 0.15) is 57.8 Å². The summed E-state index contributed by atoms with van der Waals surface area (Å²) >= 11 is 5.98. The average molecular weight is 494 g/mol. The minimum absolute atomic E-state index is 0.0513. The minimum Gasteiger partial charge on any atom is -0.467 e. The summed E-state index contributed by atoms with van der Waals surface area (Å²) in [5, 5.41) is -0.172. The molecule has 0 saturated carbocycles. The molecule has 0 aliphatic carbocycles. The smallest absolute Gasteiger partial charge is 0.422 e. The van der Waals surface area contributed by atoms with Crippen molar-refractivity contribution in [2.75, 3.05) is 26.2 Å². The molecule has 186 valence electrons. The number of pyridine rings is 1. The van der Waals surface area contributed by atoms with Gasteiger partial charge in [-0.1, -0.05) is 11.6 Å². The van der Waals surface area contributed by atoms with Crippen LogP contribution in [-0.2, 0) is 4.74 Å². The van der Waals surface area contributed by atoms with Crippen LogP contribution < -0.4 is 4.74 Å². The molecule has 2 amide bonds. The van der Waals surface area contributed by atoms with Gasteiger partial charge in [-0.15, -0.1) is 0 Å². The Balaban J connectivity index is 2.04. The zero-order valence-corrected chi connectivity index (χ0v) is 20.3. The van der Waals surface area contributed by atoms with Crippen LogP contribution in [0.3, 0.4) is 0 Å². The van der Waals surface area contributed by atoms with Gasteiger partial charge in [0.2, 0.25) is 5.88 Å². The number of likely N-dealkylation sites (tertiary alicyclic amines) is 1. The maximum atomic E-state index is 13.0. The molecule has 1 aromatic heterocycles. The Bertz CT molecular complexity index is 843. The summed E-state index contributed by atoms with van der Waals surface area (Å²) in [6.07, 6.45) is -2.16. The van der Waals surface area contributed by atoms with E-state index in [9.17, 15) is 22.8 Å². The first-order chi connectivity index (χ1) is 15.2. The summed E-state index contributed by atoms with van der Waals surface area (Å²) in [7, 11) is 0. The van der Waals surface area contributed by atoms with E-state index in [2.05, 4.69) is 9.72 Å². The predicted molar refractivity (Wildman–Crippen MR) is 118 cm³/mol. The molecule has 1 aromatic rings. The van der Waals surface area contributed by atoms with E-state index in [1.165, 1.54) is 6.07 Å². The molecule has 11 heteroatoms. The first-order valence-electron chi connectivity index (χ1n) is 10.8. The molecule has 0 bridgehead atoms. The zero-order valence-electron chi connectivity index (χ0n) is 19.5. The summed E-state index contributed by atoms with van der Waals surface area (Å²) in [5.41, 5.74) is -0.450. The maximum absolute atomic E-state index is 13.0. The second-order valence-electron chi connectivity index (χ2n) is 9.40. The van der Waals surface area contributed by atoms with E-state index in [-0.39, 0.29) is 34.3 Å². The van der Waals surface area contributed by atoms with Gasteiger partial charge in [0.25, 0.3) is 5.91 Å². The van der Waals surface area contributed by atoms with Gasteiger partial charge in [-0.2, -0.15) is 13.2 Å². The summed E-state index contributed by atoms with van der Waals surface area (Å²) in [5.74, 6) is -0.660. The maximum Gasteiger partial charge on any atom is 0.422 e. The van der Waals surface area contributed by atoms with Crippen LogP contribution in [-0.4, -0.2) is 70.8 Å². The van der Waals surface area contributed by atoms with Gasteiger partial charge in [-0.05, 0) is 59.4 Å². The highest BCUT2D eigenvalue weighted by Gasteiger charge is 2.32. The van der Waals surface area contributed by atoms with E-state index in [1.54, 1.807) is 9.80 Å². The number of halogens is 4. The van der Waals surface area contributed by atoms with Crippen molar-refractivity contribution in [2.45, 2.75) is 65.3 Å². The fourth-order valence-electron chi connectivity index (χ4n) is 3.47. The molecule has 1 saturated heterocycles. The number of carbonyl (C=O) groups is 2.